The summed E-state index contributed by atoms with van der Waals surface area (Å²) < 4.78 is 11.4. The van der Waals surface area contributed by atoms with E-state index < -0.39 is 0 Å². The molecular formula is C14H24N2O2. The summed E-state index contributed by atoms with van der Waals surface area (Å²) in [6, 6.07) is 10.0. The largest absolute Gasteiger partial charge is 0.377 e. The molecule has 3 N–H and O–H groups in total. The maximum atomic E-state index is 5.79. The second kappa shape index (κ2) is 8.21. The number of rotatable bonds is 8. The van der Waals surface area contributed by atoms with Crippen LogP contribution in [-0.4, -0.2) is 25.4 Å². The van der Waals surface area contributed by atoms with E-state index in [0.717, 1.165) is 5.56 Å². The molecular weight excluding hydrogens is 228 g/mol. The number of nitrogens with one attached hydrogen (secondary N) is 1. The number of hydrogen-bond donors (Lipinski definition) is 2. The number of nitrogens with two attached hydrogens (primary N) is 1. The van der Waals surface area contributed by atoms with Crippen molar-refractivity contribution < 1.29 is 9.47 Å². The van der Waals surface area contributed by atoms with Crippen molar-refractivity contribution in [2.45, 2.75) is 39.0 Å². The molecule has 1 aromatic rings. The average molecular weight is 252 g/mol. The molecule has 0 aliphatic heterocycles. The lowest BCUT2D eigenvalue weighted by Gasteiger charge is -2.27. The molecule has 2 unspecified atom stereocenters. The van der Waals surface area contributed by atoms with E-state index in [0.29, 0.717) is 13.2 Å². The highest BCUT2D eigenvalue weighted by molar-refractivity contribution is 5.19. The second-order valence-electron chi connectivity index (χ2n) is 4.44. The zero-order valence-corrected chi connectivity index (χ0v) is 11.4. The summed E-state index contributed by atoms with van der Waals surface area (Å²) >= 11 is 0. The van der Waals surface area contributed by atoms with Gasteiger partial charge in [0.2, 0.25) is 0 Å². The lowest BCUT2D eigenvalue weighted by molar-refractivity contribution is -0.0151. The Morgan fingerprint density at radius 1 is 1.17 bits per heavy atom. The van der Waals surface area contributed by atoms with Crippen molar-refractivity contribution in [1.29, 1.82) is 0 Å². The number of benzene rings is 1. The molecule has 1 aromatic carbocycles. The molecule has 0 bridgehead atoms. The molecule has 18 heavy (non-hydrogen) atoms. The van der Waals surface area contributed by atoms with Gasteiger partial charge in [-0.2, -0.15) is 0 Å². The van der Waals surface area contributed by atoms with Crippen molar-refractivity contribution >= 4 is 0 Å². The monoisotopic (exact) mass is 252 g/mol. The van der Waals surface area contributed by atoms with Gasteiger partial charge in [0.1, 0.15) is 6.10 Å². The Hall–Kier alpha value is -0.940. The van der Waals surface area contributed by atoms with Crippen molar-refractivity contribution in [3.8, 4) is 0 Å². The van der Waals surface area contributed by atoms with Gasteiger partial charge in [-0.05, 0) is 26.3 Å². The van der Waals surface area contributed by atoms with E-state index in [1.807, 2.05) is 51.1 Å². The normalized spacial score (nSPS) is 14.7. The Morgan fingerprint density at radius 2 is 1.83 bits per heavy atom. The minimum atomic E-state index is -0.0973. The van der Waals surface area contributed by atoms with Gasteiger partial charge in [0, 0.05) is 6.61 Å². The van der Waals surface area contributed by atoms with Crippen LogP contribution in [0.1, 0.15) is 32.4 Å². The van der Waals surface area contributed by atoms with E-state index in [9.17, 15) is 0 Å². The quantitative estimate of drug-likeness (QED) is 0.549. The van der Waals surface area contributed by atoms with Gasteiger partial charge in [-0.25, -0.2) is 0 Å². The van der Waals surface area contributed by atoms with Crippen LogP contribution >= 0.6 is 0 Å². The average Bonchev–Trinajstić information content (AvgIpc) is 2.39. The third-order valence-electron chi connectivity index (χ3n) is 2.66. The minimum Gasteiger partial charge on any atom is -0.377 e. The molecule has 1 rings (SSSR count). The first kappa shape index (κ1) is 15.1. The molecule has 0 amide bonds. The molecule has 0 spiro atoms. The molecule has 0 saturated heterocycles. The highest BCUT2D eigenvalue weighted by Gasteiger charge is 2.23. The number of hydrazine groups is 1. The van der Waals surface area contributed by atoms with Crippen LogP contribution in [0, 0.1) is 0 Å². The topological polar surface area (TPSA) is 56.5 Å². The lowest BCUT2D eigenvalue weighted by atomic mass is 10.0. The van der Waals surface area contributed by atoms with Gasteiger partial charge in [0.15, 0.2) is 0 Å². The van der Waals surface area contributed by atoms with Crippen molar-refractivity contribution in [2.24, 2.45) is 5.84 Å². The fourth-order valence-electron chi connectivity index (χ4n) is 1.79. The summed E-state index contributed by atoms with van der Waals surface area (Å²) in [5.41, 5.74) is 3.90. The summed E-state index contributed by atoms with van der Waals surface area (Å²) in [6.45, 7) is 7.15. The van der Waals surface area contributed by atoms with Gasteiger partial charge >= 0.3 is 0 Å². The van der Waals surface area contributed by atoms with Crippen LogP contribution in [0.25, 0.3) is 0 Å². The number of hydrogen-bond acceptors (Lipinski definition) is 4. The first-order valence-corrected chi connectivity index (χ1v) is 6.43. The van der Waals surface area contributed by atoms with Crippen LogP contribution in [0.2, 0.25) is 0 Å². The summed E-state index contributed by atoms with van der Waals surface area (Å²) in [6.07, 6.45) is 0.0823. The molecule has 0 aromatic heterocycles. The predicted octanol–water partition coefficient (Wildman–Crippen LogP) is 2.02. The van der Waals surface area contributed by atoms with Gasteiger partial charge in [-0.15, -0.1) is 0 Å². The first-order chi connectivity index (χ1) is 8.69. The Kier molecular flexibility index (Phi) is 6.90. The minimum absolute atomic E-state index is 0.0604. The summed E-state index contributed by atoms with van der Waals surface area (Å²) in [5.74, 6) is 5.62. The highest BCUT2D eigenvalue weighted by atomic mass is 16.5. The van der Waals surface area contributed by atoms with Crippen LogP contribution in [0.5, 0.6) is 0 Å². The van der Waals surface area contributed by atoms with E-state index in [1.165, 1.54) is 0 Å². The lowest BCUT2D eigenvalue weighted by Crippen LogP contribution is -2.44. The molecule has 2 atom stereocenters. The van der Waals surface area contributed by atoms with E-state index in [1.54, 1.807) is 0 Å². The molecule has 0 aliphatic rings. The van der Waals surface area contributed by atoms with Gasteiger partial charge < -0.3 is 9.47 Å². The van der Waals surface area contributed by atoms with Crippen LogP contribution < -0.4 is 11.3 Å². The molecule has 0 aliphatic carbocycles. The first-order valence-electron chi connectivity index (χ1n) is 6.43. The molecule has 0 radical (unpaired) electrons. The van der Waals surface area contributed by atoms with E-state index in [4.69, 9.17) is 15.3 Å². The van der Waals surface area contributed by atoms with Crippen molar-refractivity contribution in [3.63, 3.8) is 0 Å². The molecule has 102 valence electrons. The standard InChI is InChI=1S/C14H24N2O2/c1-4-17-14(12-8-6-5-7-9-12)13(16-15)10-18-11(2)3/h5-9,11,13-14,16H,4,10,15H2,1-3H3. The Balaban J connectivity index is 2.75. The van der Waals surface area contributed by atoms with E-state index in [-0.39, 0.29) is 18.2 Å². The molecule has 4 heteroatoms. The third kappa shape index (κ3) is 4.74. The van der Waals surface area contributed by atoms with Crippen LogP contribution in [0.3, 0.4) is 0 Å². The maximum absolute atomic E-state index is 5.79. The van der Waals surface area contributed by atoms with E-state index in [2.05, 4.69) is 5.43 Å². The summed E-state index contributed by atoms with van der Waals surface area (Å²) in [7, 11) is 0. The van der Waals surface area contributed by atoms with Crippen LogP contribution in [0.15, 0.2) is 30.3 Å². The van der Waals surface area contributed by atoms with Crippen molar-refractivity contribution in [1.82, 2.24) is 5.43 Å². The van der Waals surface area contributed by atoms with Crippen molar-refractivity contribution in [3.05, 3.63) is 35.9 Å². The zero-order chi connectivity index (χ0) is 13.4. The summed E-state index contributed by atoms with van der Waals surface area (Å²) in [4.78, 5) is 0. The Labute approximate surface area is 109 Å². The van der Waals surface area contributed by atoms with E-state index >= 15 is 0 Å². The molecule has 0 fully saturated rings. The Morgan fingerprint density at radius 3 is 2.33 bits per heavy atom. The van der Waals surface area contributed by atoms with Crippen LogP contribution in [-0.2, 0) is 9.47 Å². The van der Waals surface area contributed by atoms with Gasteiger partial charge in [0.25, 0.3) is 0 Å². The Bertz CT molecular complexity index is 317. The van der Waals surface area contributed by atoms with Gasteiger partial charge in [-0.1, -0.05) is 30.3 Å². The predicted molar refractivity (Wildman–Crippen MR) is 73.0 cm³/mol. The zero-order valence-electron chi connectivity index (χ0n) is 11.4. The van der Waals surface area contributed by atoms with Crippen molar-refractivity contribution in [2.75, 3.05) is 13.2 Å². The highest BCUT2D eigenvalue weighted by Crippen LogP contribution is 2.21. The summed E-state index contributed by atoms with van der Waals surface area (Å²) in [5, 5.41) is 0. The molecule has 4 nitrogen and oxygen atoms in total. The smallest absolute Gasteiger partial charge is 0.101 e. The molecule has 0 saturated carbocycles. The second-order valence-corrected chi connectivity index (χ2v) is 4.44. The fourth-order valence-corrected chi connectivity index (χ4v) is 1.79. The van der Waals surface area contributed by atoms with Gasteiger partial charge in [-0.3, -0.25) is 11.3 Å². The third-order valence-corrected chi connectivity index (χ3v) is 2.66. The van der Waals surface area contributed by atoms with Gasteiger partial charge in [0.05, 0.1) is 18.8 Å². The maximum Gasteiger partial charge on any atom is 0.101 e. The van der Waals surface area contributed by atoms with Crippen LogP contribution in [0.4, 0.5) is 0 Å². The molecule has 0 heterocycles. The number of ether oxygens (including phenoxy) is 2. The SMILES string of the molecule is CCOC(c1ccccc1)C(COC(C)C)NN. The fraction of sp³-hybridized carbons (Fsp3) is 0.571.